The van der Waals surface area contributed by atoms with Gasteiger partial charge in [0, 0.05) is 12.0 Å². The lowest BCUT2D eigenvalue weighted by molar-refractivity contribution is 0.0430. The predicted octanol–water partition coefficient (Wildman–Crippen LogP) is 8.45. The maximum absolute atomic E-state index is 12.0. The number of hydrogen-bond acceptors (Lipinski definition) is 5. The summed E-state index contributed by atoms with van der Waals surface area (Å²) in [6.07, 6.45) is 21.2. The molecule has 2 amide bonds. The van der Waals surface area contributed by atoms with E-state index < -0.39 is 17.6 Å². The van der Waals surface area contributed by atoms with Crippen molar-refractivity contribution in [3.05, 3.63) is 0 Å². The lowest BCUT2D eigenvalue weighted by Gasteiger charge is -2.26. The van der Waals surface area contributed by atoms with Crippen LogP contribution in [0.15, 0.2) is 0 Å². The van der Waals surface area contributed by atoms with Gasteiger partial charge >= 0.3 is 12.2 Å². The van der Waals surface area contributed by atoms with E-state index in [2.05, 4.69) is 17.6 Å². The van der Waals surface area contributed by atoms with E-state index in [1.54, 1.807) is 0 Å². The van der Waals surface area contributed by atoms with E-state index in [-0.39, 0.29) is 31.8 Å². The van der Waals surface area contributed by atoms with E-state index in [1.165, 1.54) is 89.9 Å². The Bertz CT molecular complexity index is 562. The molecule has 0 saturated heterocycles. The topological polar surface area (TPSA) is 79.9 Å². The van der Waals surface area contributed by atoms with Crippen LogP contribution >= 0.6 is 12.4 Å². The van der Waals surface area contributed by atoms with Crippen molar-refractivity contribution in [3.63, 3.8) is 0 Å². The molecule has 8 heteroatoms. The zero-order valence-electron chi connectivity index (χ0n) is 25.7. The summed E-state index contributed by atoms with van der Waals surface area (Å²) in [6, 6.07) is 0. The first-order valence-electron chi connectivity index (χ1n) is 15.2. The number of alkyl carbamates (subject to hydrolysis) is 2. The number of amides is 2. The lowest BCUT2D eigenvalue weighted by Crippen LogP contribution is -2.45. The number of halogens is 1. The fourth-order valence-electron chi connectivity index (χ4n) is 4.25. The van der Waals surface area contributed by atoms with Gasteiger partial charge in [0.1, 0.15) is 13.2 Å². The Kier molecular flexibility index (Phi) is 26.7. The second-order valence-electron chi connectivity index (χ2n) is 11.6. The third-order valence-electron chi connectivity index (χ3n) is 6.78. The van der Waals surface area contributed by atoms with Gasteiger partial charge in [-0.2, -0.15) is 0 Å². The average Bonchev–Trinajstić information content (AvgIpc) is 2.86. The Hall–Kier alpha value is -1.21. The molecule has 1 atom stereocenters. The van der Waals surface area contributed by atoms with Crippen LogP contribution in [0.2, 0.25) is 0 Å². The fourth-order valence-corrected chi connectivity index (χ4v) is 4.25. The third kappa shape index (κ3) is 25.1. The molecule has 0 spiro atoms. The monoisotopic (exact) mass is 563 g/mol. The average molecular weight is 564 g/mol. The zero-order valence-corrected chi connectivity index (χ0v) is 26.5. The molecule has 0 saturated carbocycles. The number of hydrogen-bond donors (Lipinski definition) is 2. The number of carbonyl (C=O) groups excluding carboxylic acids is 2. The van der Waals surface area contributed by atoms with Crippen LogP contribution in [-0.4, -0.2) is 57.1 Å². The van der Waals surface area contributed by atoms with Crippen molar-refractivity contribution in [1.82, 2.24) is 15.5 Å². The Balaban J connectivity index is 0. The van der Waals surface area contributed by atoms with E-state index >= 15 is 0 Å². The minimum Gasteiger partial charge on any atom is -0.449 e. The van der Waals surface area contributed by atoms with E-state index in [1.807, 2.05) is 39.8 Å². The SMILES string of the molecule is CCCCCCCCCCCCCCCCCCNC(=O)OCC(C)(C)COC(=O)NC(CC)N(C)C.Cl. The maximum Gasteiger partial charge on any atom is 0.408 e. The van der Waals surface area contributed by atoms with Crippen LogP contribution in [0.25, 0.3) is 0 Å². The van der Waals surface area contributed by atoms with Crippen molar-refractivity contribution in [2.45, 2.75) is 143 Å². The Morgan fingerprint density at radius 1 is 0.684 bits per heavy atom. The molecule has 0 bridgehead atoms. The predicted molar refractivity (Wildman–Crippen MR) is 162 cm³/mol. The van der Waals surface area contributed by atoms with Gasteiger partial charge in [0.2, 0.25) is 0 Å². The molecule has 0 aromatic heterocycles. The molecule has 1 unspecified atom stereocenters. The van der Waals surface area contributed by atoms with Gasteiger partial charge in [-0.1, -0.05) is 124 Å². The molecule has 38 heavy (non-hydrogen) atoms. The molecule has 0 aliphatic carbocycles. The molecule has 0 aliphatic rings. The van der Waals surface area contributed by atoms with E-state index in [0.717, 1.165) is 19.3 Å². The highest BCUT2D eigenvalue weighted by Gasteiger charge is 2.23. The van der Waals surface area contributed by atoms with Crippen molar-refractivity contribution >= 4 is 24.6 Å². The highest BCUT2D eigenvalue weighted by molar-refractivity contribution is 5.85. The van der Waals surface area contributed by atoms with Crippen LogP contribution in [0.4, 0.5) is 9.59 Å². The first-order valence-corrected chi connectivity index (χ1v) is 15.2. The minimum atomic E-state index is -0.457. The zero-order chi connectivity index (χ0) is 27.8. The number of ether oxygens (including phenoxy) is 2. The van der Waals surface area contributed by atoms with Crippen molar-refractivity contribution in [1.29, 1.82) is 0 Å². The summed E-state index contributed by atoms with van der Waals surface area (Å²) in [5.41, 5.74) is -0.456. The third-order valence-corrected chi connectivity index (χ3v) is 6.78. The maximum atomic E-state index is 12.0. The molecule has 0 aromatic carbocycles. The largest absolute Gasteiger partial charge is 0.449 e. The Labute approximate surface area is 241 Å². The summed E-state index contributed by atoms with van der Waals surface area (Å²) in [5.74, 6) is 0. The number of unbranched alkanes of at least 4 members (excludes halogenated alkanes) is 15. The van der Waals surface area contributed by atoms with Crippen LogP contribution < -0.4 is 10.6 Å². The summed E-state index contributed by atoms with van der Waals surface area (Å²) < 4.78 is 10.7. The molecule has 0 rings (SSSR count). The van der Waals surface area contributed by atoms with Crippen LogP contribution in [-0.2, 0) is 9.47 Å². The number of nitrogens with one attached hydrogen (secondary N) is 2. The number of nitrogens with zero attached hydrogens (tertiary/aromatic N) is 1. The summed E-state index contributed by atoms with van der Waals surface area (Å²) >= 11 is 0. The molecule has 228 valence electrons. The molecule has 0 radical (unpaired) electrons. The van der Waals surface area contributed by atoms with Crippen molar-refractivity contribution in [3.8, 4) is 0 Å². The summed E-state index contributed by atoms with van der Waals surface area (Å²) in [6.45, 7) is 9.10. The van der Waals surface area contributed by atoms with Gasteiger partial charge in [-0.25, -0.2) is 9.59 Å². The quantitative estimate of drug-likeness (QED) is 0.0909. The van der Waals surface area contributed by atoms with E-state index in [4.69, 9.17) is 9.47 Å². The number of carbonyl (C=O) groups is 2. The van der Waals surface area contributed by atoms with Crippen molar-refractivity contribution in [2.75, 3.05) is 33.9 Å². The van der Waals surface area contributed by atoms with Gasteiger partial charge in [0.15, 0.2) is 0 Å². The molecule has 0 fully saturated rings. The van der Waals surface area contributed by atoms with Crippen molar-refractivity contribution in [2.24, 2.45) is 5.41 Å². The van der Waals surface area contributed by atoms with Crippen molar-refractivity contribution < 1.29 is 19.1 Å². The van der Waals surface area contributed by atoms with Gasteiger partial charge < -0.3 is 20.1 Å². The molecule has 0 aliphatic heterocycles. The highest BCUT2D eigenvalue weighted by Crippen LogP contribution is 2.16. The summed E-state index contributed by atoms with van der Waals surface area (Å²) in [7, 11) is 3.82. The fraction of sp³-hybridized carbons (Fsp3) is 0.933. The van der Waals surface area contributed by atoms with Gasteiger partial charge in [0.05, 0.1) is 6.17 Å². The van der Waals surface area contributed by atoms with Gasteiger partial charge in [0.25, 0.3) is 0 Å². The van der Waals surface area contributed by atoms with Crippen LogP contribution in [0, 0.1) is 5.41 Å². The Morgan fingerprint density at radius 2 is 1.08 bits per heavy atom. The highest BCUT2D eigenvalue weighted by atomic mass is 35.5. The lowest BCUT2D eigenvalue weighted by atomic mass is 9.96. The standard InChI is InChI=1S/C30H61N3O4.ClH/c1-7-9-10-11-12-13-14-15-16-17-18-19-20-21-22-23-24-31-28(34)36-25-30(3,4)26-37-29(35)32-27(8-2)33(5)6;/h27H,7-26H2,1-6H3,(H,31,34)(H,32,35);1H. The molecule has 0 heterocycles. The van der Waals surface area contributed by atoms with Crippen LogP contribution in [0.1, 0.15) is 137 Å². The normalized spacial score (nSPS) is 12.1. The minimum absolute atomic E-state index is 0. The van der Waals surface area contributed by atoms with Crippen LogP contribution in [0.5, 0.6) is 0 Å². The molecular formula is C30H62ClN3O4. The second kappa shape index (κ2) is 26.0. The molecule has 7 nitrogen and oxygen atoms in total. The summed E-state index contributed by atoms with van der Waals surface area (Å²) in [4.78, 5) is 25.9. The van der Waals surface area contributed by atoms with Gasteiger partial charge in [-0.15, -0.1) is 12.4 Å². The number of rotatable bonds is 24. The smallest absolute Gasteiger partial charge is 0.408 e. The van der Waals surface area contributed by atoms with Gasteiger partial charge in [-0.05, 0) is 26.9 Å². The first-order chi connectivity index (χ1) is 17.7. The molecule has 2 N–H and O–H groups in total. The summed E-state index contributed by atoms with van der Waals surface area (Å²) in [5, 5.41) is 5.65. The Morgan fingerprint density at radius 3 is 1.47 bits per heavy atom. The van der Waals surface area contributed by atoms with E-state index in [9.17, 15) is 9.59 Å². The molecule has 0 aromatic rings. The molecular weight excluding hydrogens is 502 g/mol. The first kappa shape index (κ1) is 38.9. The van der Waals surface area contributed by atoms with Gasteiger partial charge in [-0.3, -0.25) is 4.90 Å². The second-order valence-corrected chi connectivity index (χ2v) is 11.6. The van der Waals surface area contributed by atoms with E-state index in [0.29, 0.717) is 6.54 Å². The van der Waals surface area contributed by atoms with Crippen LogP contribution in [0.3, 0.4) is 0 Å².